The lowest BCUT2D eigenvalue weighted by molar-refractivity contribution is -0.144. The lowest BCUT2D eigenvalue weighted by Gasteiger charge is -2.08. The molecule has 0 unspecified atom stereocenters. The highest BCUT2D eigenvalue weighted by atomic mass is 16.5. The molecule has 1 aromatic carbocycles. The SMILES string of the molecule is CCCCn1c(=O)[nH]c(=O)c2c1nc(COC(=O)Cc1ccccc1)n2CCC. The molecule has 2 aromatic heterocycles. The Hall–Kier alpha value is -3.16. The van der Waals surface area contributed by atoms with Crippen LogP contribution >= 0.6 is 0 Å². The molecule has 0 radical (unpaired) electrons. The van der Waals surface area contributed by atoms with Gasteiger partial charge in [-0.3, -0.25) is 19.1 Å². The van der Waals surface area contributed by atoms with Crippen molar-refractivity contribution in [2.24, 2.45) is 0 Å². The van der Waals surface area contributed by atoms with Crippen LogP contribution in [0.15, 0.2) is 39.9 Å². The van der Waals surface area contributed by atoms with Crippen molar-refractivity contribution in [1.29, 1.82) is 0 Å². The summed E-state index contributed by atoms with van der Waals surface area (Å²) in [6.07, 6.45) is 2.64. The van der Waals surface area contributed by atoms with Gasteiger partial charge in [0.15, 0.2) is 11.2 Å². The fraction of sp³-hybridized carbons (Fsp3) is 0.429. The van der Waals surface area contributed by atoms with Gasteiger partial charge in [0.25, 0.3) is 5.56 Å². The maximum atomic E-state index is 12.5. The second-order valence-corrected chi connectivity index (χ2v) is 6.94. The number of hydrogen-bond donors (Lipinski definition) is 1. The van der Waals surface area contributed by atoms with E-state index in [1.807, 2.05) is 44.2 Å². The Balaban J connectivity index is 1.91. The average molecular weight is 398 g/mol. The molecule has 8 nitrogen and oxygen atoms in total. The summed E-state index contributed by atoms with van der Waals surface area (Å²) in [7, 11) is 0. The number of aromatic amines is 1. The van der Waals surface area contributed by atoms with E-state index in [-0.39, 0.29) is 19.0 Å². The van der Waals surface area contributed by atoms with Crippen LogP contribution in [-0.2, 0) is 35.6 Å². The second-order valence-electron chi connectivity index (χ2n) is 6.94. The van der Waals surface area contributed by atoms with Crippen molar-refractivity contribution < 1.29 is 9.53 Å². The first-order valence-corrected chi connectivity index (χ1v) is 9.96. The molecule has 29 heavy (non-hydrogen) atoms. The standard InChI is InChI=1S/C21H26N4O4/c1-3-5-12-25-19-18(20(27)23-21(25)28)24(11-4-2)16(22-19)14-29-17(26)13-15-9-7-6-8-10-15/h6-10H,3-5,11-14H2,1-2H3,(H,23,27,28). The fourth-order valence-electron chi connectivity index (χ4n) is 3.27. The molecule has 0 saturated carbocycles. The maximum Gasteiger partial charge on any atom is 0.330 e. The number of aryl methyl sites for hydroxylation is 2. The number of nitrogens with zero attached hydrogens (tertiary/aromatic N) is 3. The first-order valence-electron chi connectivity index (χ1n) is 9.96. The lowest BCUT2D eigenvalue weighted by Crippen LogP contribution is -2.31. The molecule has 8 heteroatoms. The molecular weight excluding hydrogens is 372 g/mol. The number of carbonyl (C=O) groups is 1. The van der Waals surface area contributed by atoms with Crippen LogP contribution < -0.4 is 11.2 Å². The van der Waals surface area contributed by atoms with E-state index in [9.17, 15) is 14.4 Å². The molecule has 0 bridgehead atoms. The largest absolute Gasteiger partial charge is 0.457 e. The van der Waals surface area contributed by atoms with Crippen LogP contribution in [0.5, 0.6) is 0 Å². The van der Waals surface area contributed by atoms with Gasteiger partial charge in [-0.15, -0.1) is 0 Å². The smallest absolute Gasteiger partial charge is 0.330 e. The van der Waals surface area contributed by atoms with E-state index in [2.05, 4.69) is 9.97 Å². The second kappa shape index (κ2) is 9.36. The number of fused-ring (bicyclic) bond motifs is 1. The number of aromatic nitrogens is 4. The van der Waals surface area contributed by atoms with Crippen molar-refractivity contribution in [3.05, 3.63) is 62.6 Å². The van der Waals surface area contributed by atoms with E-state index in [4.69, 9.17) is 4.74 Å². The third kappa shape index (κ3) is 4.64. The summed E-state index contributed by atoms with van der Waals surface area (Å²) in [5.41, 5.74) is 0.612. The van der Waals surface area contributed by atoms with E-state index in [0.717, 1.165) is 24.8 Å². The molecule has 0 amide bonds. The predicted molar refractivity (Wildman–Crippen MR) is 110 cm³/mol. The van der Waals surface area contributed by atoms with E-state index in [1.165, 1.54) is 4.57 Å². The molecule has 2 heterocycles. The van der Waals surface area contributed by atoms with E-state index in [0.29, 0.717) is 30.1 Å². The van der Waals surface area contributed by atoms with E-state index >= 15 is 0 Å². The molecule has 154 valence electrons. The number of esters is 1. The van der Waals surface area contributed by atoms with Gasteiger partial charge in [-0.2, -0.15) is 0 Å². The van der Waals surface area contributed by atoms with E-state index in [1.54, 1.807) is 4.57 Å². The Morgan fingerprint density at radius 1 is 1.07 bits per heavy atom. The molecular formula is C21H26N4O4. The van der Waals surface area contributed by atoms with Gasteiger partial charge in [0, 0.05) is 13.1 Å². The van der Waals surface area contributed by atoms with Crippen LogP contribution in [0, 0.1) is 0 Å². The molecule has 3 aromatic rings. The van der Waals surface area contributed by atoms with Gasteiger partial charge in [-0.05, 0) is 18.4 Å². The number of hydrogen-bond acceptors (Lipinski definition) is 5. The molecule has 0 fully saturated rings. The summed E-state index contributed by atoms with van der Waals surface area (Å²) < 4.78 is 8.65. The highest BCUT2D eigenvalue weighted by Gasteiger charge is 2.19. The van der Waals surface area contributed by atoms with Crippen LogP contribution in [0.1, 0.15) is 44.5 Å². The Kier molecular flexibility index (Phi) is 6.64. The predicted octanol–water partition coefficient (Wildman–Crippen LogP) is 2.38. The first-order chi connectivity index (χ1) is 14.0. The van der Waals surface area contributed by atoms with Crippen LogP contribution in [0.25, 0.3) is 11.2 Å². The third-order valence-electron chi connectivity index (χ3n) is 4.70. The van der Waals surface area contributed by atoms with Gasteiger partial charge in [0.05, 0.1) is 6.42 Å². The minimum atomic E-state index is -0.472. The Morgan fingerprint density at radius 3 is 2.52 bits per heavy atom. The Morgan fingerprint density at radius 2 is 1.83 bits per heavy atom. The average Bonchev–Trinajstić information content (AvgIpc) is 3.06. The zero-order chi connectivity index (χ0) is 20.8. The molecule has 0 aliphatic carbocycles. The highest BCUT2D eigenvalue weighted by molar-refractivity contribution is 5.73. The van der Waals surface area contributed by atoms with Crippen LogP contribution in [0.4, 0.5) is 0 Å². The molecule has 0 spiro atoms. The van der Waals surface area contributed by atoms with Crippen molar-refractivity contribution in [3.8, 4) is 0 Å². The number of unbranched alkanes of at least 4 members (excludes halogenated alkanes) is 1. The minimum absolute atomic E-state index is 0.0538. The normalized spacial score (nSPS) is 11.1. The Bertz CT molecular complexity index is 1100. The number of benzene rings is 1. The van der Waals surface area contributed by atoms with Crippen molar-refractivity contribution in [2.75, 3.05) is 0 Å². The highest BCUT2D eigenvalue weighted by Crippen LogP contribution is 2.14. The summed E-state index contributed by atoms with van der Waals surface area (Å²) in [5, 5.41) is 0. The Labute approximate surface area is 168 Å². The minimum Gasteiger partial charge on any atom is -0.457 e. The van der Waals surface area contributed by atoms with Crippen LogP contribution in [0.3, 0.4) is 0 Å². The molecule has 0 aliphatic heterocycles. The number of rotatable bonds is 9. The first kappa shape index (κ1) is 20.6. The zero-order valence-electron chi connectivity index (χ0n) is 16.8. The van der Waals surface area contributed by atoms with Crippen molar-refractivity contribution in [1.82, 2.24) is 19.1 Å². The number of imidazole rings is 1. The quantitative estimate of drug-likeness (QED) is 0.558. The van der Waals surface area contributed by atoms with Crippen LogP contribution in [-0.4, -0.2) is 25.1 Å². The monoisotopic (exact) mass is 398 g/mol. The zero-order valence-corrected chi connectivity index (χ0v) is 16.8. The van der Waals surface area contributed by atoms with E-state index < -0.39 is 11.2 Å². The fourth-order valence-corrected chi connectivity index (χ4v) is 3.27. The van der Waals surface area contributed by atoms with Crippen LogP contribution in [0.2, 0.25) is 0 Å². The van der Waals surface area contributed by atoms with Crippen molar-refractivity contribution >= 4 is 17.1 Å². The molecule has 0 saturated heterocycles. The summed E-state index contributed by atoms with van der Waals surface area (Å²) >= 11 is 0. The van der Waals surface area contributed by atoms with Crippen molar-refractivity contribution in [3.63, 3.8) is 0 Å². The molecule has 0 atom stereocenters. The summed E-state index contributed by atoms with van der Waals surface area (Å²) in [4.78, 5) is 43.9. The van der Waals surface area contributed by atoms with Gasteiger partial charge in [0.1, 0.15) is 12.4 Å². The number of carbonyl (C=O) groups excluding carboxylic acids is 1. The number of ether oxygens (including phenoxy) is 1. The number of nitrogens with one attached hydrogen (secondary N) is 1. The van der Waals surface area contributed by atoms with Gasteiger partial charge in [0.2, 0.25) is 0 Å². The topological polar surface area (TPSA) is 99.0 Å². The summed E-state index contributed by atoms with van der Waals surface area (Å²) in [6.45, 7) is 4.97. The molecule has 3 rings (SSSR count). The maximum absolute atomic E-state index is 12.5. The molecule has 1 N–H and O–H groups in total. The van der Waals surface area contributed by atoms with Gasteiger partial charge >= 0.3 is 11.7 Å². The summed E-state index contributed by atoms with van der Waals surface area (Å²) in [5.74, 6) is 0.0909. The summed E-state index contributed by atoms with van der Waals surface area (Å²) in [6, 6.07) is 9.34. The molecule has 0 aliphatic rings. The number of H-pyrrole nitrogens is 1. The lowest BCUT2D eigenvalue weighted by atomic mass is 10.2. The van der Waals surface area contributed by atoms with Gasteiger partial charge < -0.3 is 9.30 Å². The van der Waals surface area contributed by atoms with Gasteiger partial charge in [-0.1, -0.05) is 50.6 Å². The third-order valence-corrected chi connectivity index (χ3v) is 4.70. The van der Waals surface area contributed by atoms with Gasteiger partial charge in [-0.25, -0.2) is 9.78 Å². The van der Waals surface area contributed by atoms with Crippen molar-refractivity contribution in [2.45, 2.75) is 59.2 Å².